The van der Waals surface area contributed by atoms with Crippen molar-refractivity contribution in [2.45, 2.75) is 0 Å². The number of thiazole rings is 1. The summed E-state index contributed by atoms with van der Waals surface area (Å²) in [6.07, 6.45) is 3.63. The molecule has 0 radical (unpaired) electrons. The van der Waals surface area contributed by atoms with Crippen molar-refractivity contribution in [2.75, 3.05) is 0 Å². The Kier molecular flexibility index (Phi) is 3.30. The van der Waals surface area contributed by atoms with E-state index < -0.39 is 0 Å². The van der Waals surface area contributed by atoms with Crippen molar-refractivity contribution in [3.8, 4) is 16.3 Å². The van der Waals surface area contributed by atoms with Crippen LogP contribution in [0.25, 0.3) is 48.5 Å². The maximum atomic E-state index is 4.66. The second-order valence-electron chi connectivity index (χ2n) is 6.62. The molecule has 0 aliphatic rings. The summed E-state index contributed by atoms with van der Waals surface area (Å²) in [6.45, 7) is 0. The van der Waals surface area contributed by atoms with Gasteiger partial charge in [0.05, 0.1) is 10.2 Å². The molecular formula is C23H14N4S. The van der Waals surface area contributed by atoms with Gasteiger partial charge in [0.1, 0.15) is 10.7 Å². The summed E-state index contributed by atoms with van der Waals surface area (Å²) < 4.78 is 3.32. The van der Waals surface area contributed by atoms with Gasteiger partial charge in [-0.3, -0.25) is 4.57 Å². The molecule has 6 rings (SSSR count). The number of rotatable bonds is 2. The molecule has 4 aromatic heterocycles. The van der Waals surface area contributed by atoms with Crippen molar-refractivity contribution in [3.05, 3.63) is 85.2 Å². The Labute approximate surface area is 164 Å². The molecule has 132 valence electrons. The number of fused-ring (bicyclic) bond motifs is 4. The van der Waals surface area contributed by atoms with Crippen LogP contribution < -0.4 is 0 Å². The standard InChI is InChI=1S/C23H14N4S/c1-2-7-19-17(5-1)18-6-3-14-25-22(18)27(19)16-11-9-15(10-12-16)23-26-21-20(28-23)8-4-13-24-21/h1-14H. The fraction of sp³-hybridized carbons (Fsp3) is 0. The van der Waals surface area contributed by atoms with Crippen LogP contribution >= 0.6 is 11.3 Å². The number of nitrogens with zero attached hydrogens (tertiary/aromatic N) is 4. The second kappa shape index (κ2) is 5.97. The maximum Gasteiger partial charge on any atom is 0.170 e. The largest absolute Gasteiger partial charge is 0.294 e. The summed E-state index contributed by atoms with van der Waals surface area (Å²) in [6, 6.07) is 25.1. The monoisotopic (exact) mass is 378 g/mol. The number of benzene rings is 2. The number of hydrogen-bond acceptors (Lipinski definition) is 4. The summed E-state index contributed by atoms with van der Waals surface area (Å²) in [5.74, 6) is 0. The highest BCUT2D eigenvalue weighted by atomic mass is 32.1. The summed E-state index contributed by atoms with van der Waals surface area (Å²) in [5.41, 5.74) is 5.13. The van der Waals surface area contributed by atoms with Gasteiger partial charge in [-0.25, -0.2) is 15.0 Å². The third-order valence-corrected chi connectivity index (χ3v) is 6.03. The first-order valence-electron chi connectivity index (χ1n) is 9.05. The van der Waals surface area contributed by atoms with Gasteiger partial charge < -0.3 is 0 Å². The van der Waals surface area contributed by atoms with Crippen LogP contribution in [-0.4, -0.2) is 19.5 Å². The lowest BCUT2D eigenvalue weighted by Crippen LogP contribution is -1.95. The molecule has 28 heavy (non-hydrogen) atoms. The first kappa shape index (κ1) is 15.5. The Morgan fingerprint density at radius 1 is 0.714 bits per heavy atom. The smallest absolute Gasteiger partial charge is 0.170 e. The van der Waals surface area contributed by atoms with Gasteiger partial charge in [0, 0.05) is 34.4 Å². The molecule has 6 aromatic rings. The molecule has 0 amide bonds. The lowest BCUT2D eigenvalue weighted by atomic mass is 10.2. The van der Waals surface area contributed by atoms with Crippen LogP contribution in [-0.2, 0) is 0 Å². The van der Waals surface area contributed by atoms with Gasteiger partial charge in [0.2, 0.25) is 0 Å². The Bertz CT molecular complexity index is 1370. The molecule has 5 heteroatoms. The van der Waals surface area contributed by atoms with Crippen LogP contribution in [0.15, 0.2) is 85.2 Å². The maximum absolute atomic E-state index is 4.66. The lowest BCUT2D eigenvalue weighted by molar-refractivity contribution is 1.14. The van der Waals surface area contributed by atoms with Gasteiger partial charge in [-0.1, -0.05) is 18.2 Å². The minimum atomic E-state index is 0.804. The fourth-order valence-corrected chi connectivity index (χ4v) is 4.63. The van der Waals surface area contributed by atoms with E-state index in [4.69, 9.17) is 0 Å². The van der Waals surface area contributed by atoms with E-state index in [9.17, 15) is 0 Å². The highest BCUT2D eigenvalue weighted by Gasteiger charge is 2.13. The van der Waals surface area contributed by atoms with Gasteiger partial charge in [0.25, 0.3) is 0 Å². The number of hydrogen-bond donors (Lipinski definition) is 0. The molecule has 0 saturated carbocycles. The van der Waals surface area contributed by atoms with Gasteiger partial charge in [-0.15, -0.1) is 11.3 Å². The third-order valence-electron chi connectivity index (χ3n) is 4.97. The van der Waals surface area contributed by atoms with Crippen LogP contribution in [0.3, 0.4) is 0 Å². The van der Waals surface area contributed by atoms with Crippen LogP contribution in [0.2, 0.25) is 0 Å². The zero-order valence-electron chi connectivity index (χ0n) is 14.8. The predicted octanol–water partition coefficient (Wildman–Crippen LogP) is 5.85. The van der Waals surface area contributed by atoms with Gasteiger partial charge in [-0.05, 0) is 54.6 Å². The van der Waals surface area contributed by atoms with Crippen LogP contribution in [0.4, 0.5) is 0 Å². The molecular weight excluding hydrogens is 364 g/mol. The number of aromatic nitrogens is 4. The van der Waals surface area contributed by atoms with Crippen LogP contribution in [0.1, 0.15) is 0 Å². The molecule has 0 fully saturated rings. The first-order valence-corrected chi connectivity index (χ1v) is 9.87. The molecule has 0 aliphatic heterocycles. The number of para-hydroxylation sites is 1. The van der Waals surface area contributed by atoms with Crippen molar-refractivity contribution in [1.29, 1.82) is 0 Å². The highest BCUT2D eigenvalue weighted by Crippen LogP contribution is 2.33. The Balaban J connectivity index is 1.52. The summed E-state index contributed by atoms with van der Waals surface area (Å²) >= 11 is 1.67. The summed E-state index contributed by atoms with van der Waals surface area (Å²) in [5, 5.41) is 3.37. The topological polar surface area (TPSA) is 43.6 Å². The lowest BCUT2D eigenvalue weighted by Gasteiger charge is -2.07. The van der Waals surface area contributed by atoms with E-state index in [-0.39, 0.29) is 0 Å². The molecule has 2 aromatic carbocycles. The van der Waals surface area contributed by atoms with Crippen LogP contribution in [0, 0.1) is 0 Å². The summed E-state index contributed by atoms with van der Waals surface area (Å²) in [7, 11) is 0. The van der Waals surface area contributed by atoms with Crippen molar-refractivity contribution >= 4 is 43.6 Å². The van der Waals surface area contributed by atoms with E-state index in [0.29, 0.717) is 0 Å². The molecule has 0 aliphatic carbocycles. The van der Waals surface area contributed by atoms with Gasteiger partial charge in [-0.2, -0.15) is 0 Å². The van der Waals surface area contributed by atoms with Crippen molar-refractivity contribution in [1.82, 2.24) is 19.5 Å². The second-order valence-corrected chi connectivity index (χ2v) is 7.65. The van der Waals surface area contributed by atoms with E-state index in [1.807, 2.05) is 18.3 Å². The first-order chi connectivity index (χ1) is 13.9. The quantitative estimate of drug-likeness (QED) is 0.379. The molecule has 0 saturated heterocycles. The van der Waals surface area contributed by atoms with Gasteiger partial charge >= 0.3 is 0 Å². The number of pyridine rings is 2. The molecule has 0 atom stereocenters. The highest BCUT2D eigenvalue weighted by molar-refractivity contribution is 7.21. The Morgan fingerprint density at radius 2 is 1.50 bits per heavy atom. The third kappa shape index (κ3) is 2.27. The van der Waals surface area contributed by atoms with Crippen molar-refractivity contribution < 1.29 is 0 Å². The van der Waals surface area contributed by atoms with E-state index in [1.54, 1.807) is 17.5 Å². The van der Waals surface area contributed by atoms with E-state index >= 15 is 0 Å². The van der Waals surface area contributed by atoms with Crippen LogP contribution in [0.5, 0.6) is 0 Å². The molecule has 0 N–H and O–H groups in total. The zero-order chi connectivity index (χ0) is 18.5. The molecule has 0 spiro atoms. The predicted molar refractivity (Wildman–Crippen MR) is 115 cm³/mol. The molecule has 0 bridgehead atoms. The average molecular weight is 378 g/mol. The molecule has 4 nitrogen and oxygen atoms in total. The van der Waals surface area contributed by atoms with E-state index in [1.165, 1.54) is 10.8 Å². The summed E-state index contributed by atoms with van der Waals surface area (Å²) in [4.78, 5) is 13.7. The molecule has 0 unspecified atom stereocenters. The van der Waals surface area contributed by atoms with Gasteiger partial charge in [0.15, 0.2) is 5.65 Å². The average Bonchev–Trinajstić information content (AvgIpc) is 3.33. The minimum Gasteiger partial charge on any atom is -0.294 e. The van der Waals surface area contributed by atoms with E-state index in [0.717, 1.165) is 37.8 Å². The normalized spacial score (nSPS) is 11.6. The Hall–Kier alpha value is -3.57. The zero-order valence-corrected chi connectivity index (χ0v) is 15.6. The molecule has 4 heterocycles. The van der Waals surface area contributed by atoms with Crippen molar-refractivity contribution in [2.24, 2.45) is 0 Å². The Morgan fingerprint density at radius 3 is 2.39 bits per heavy atom. The minimum absolute atomic E-state index is 0.804. The SMILES string of the molecule is c1cnc2nc(-c3ccc(-n4c5ccccc5c5cccnc54)cc3)sc2c1. The fourth-order valence-electron chi connectivity index (χ4n) is 3.70. The van der Waals surface area contributed by atoms with E-state index in [2.05, 4.69) is 80.2 Å². The van der Waals surface area contributed by atoms with Crippen molar-refractivity contribution in [3.63, 3.8) is 0 Å².